The predicted octanol–water partition coefficient (Wildman–Crippen LogP) is 4.79. The van der Waals surface area contributed by atoms with Crippen molar-refractivity contribution in [2.75, 3.05) is 6.54 Å². The van der Waals surface area contributed by atoms with Crippen LogP contribution < -0.4 is 16.4 Å². The lowest BCUT2D eigenvalue weighted by molar-refractivity contribution is -0.257. The molecule has 1 unspecified atom stereocenters. The molecule has 2 heterocycles. The Bertz CT molecular complexity index is 2020. The Hall–Kier alpha value is -2.53. The summed E-state index contributed by atoms with van der Waals surface area (Å²) in [6, 6.07) is 0. The van der Waals surface area contributed by atoms with Crippen molar-refractivity contribution in [2.45, 2.75) is 190 Å². The van der Waals surface area contributed by atoms with Crippen molar-refractivity contribution in [1.82, 2.24) is 10.6 Å². The number of aliphatic hydroxyl groups excluding tert-OH is 3. The minimum Gasteiger partial charge on any atom is -0.392 e. The number of ether oxygens (including phenoxy) is 1. The fourth-order valence-corrected chi connectivity index (χ4v) is 16.9. The molecule has 0 aromatic carbocycles. The Balaban J connectivity index is 1.14. The van der Waals surface area contributed by atoms with E-state index in [9.17, 15) is 30.6 Å². The number of rotatable bonds is 8. The largest absolute Gasteiger partial charge is 0.392 e. The van der Waals surface area contributed by atoms with Crippen LogP contribution in [0.4, 0.5) is 0 Å². The summed E-state index contributed by atoms with van der Waals surface area (Å²) < 4.78 is 7.14. The number of dihydropyridines is 1. The van der Waals surface area contributed by atoms with Gasteiger partial charge in [0.1, 0.15) is 5.60 Å². The lowest BCUT2D eigenvalue weighted by Gasteiger charge is -2.68. The van der Waals surface area contributed by atoms with Crippen LogP contribution in [0.2, 0.25) is 0 Å². The second-order valence-corrected chi connectivity index (χ2v) is 22.7. The van der Waals surface area contributed by atoms with E-state index in [-0.39, 0.29) is 74.5 Å². The molecule has 10 N–H and O–H groups in total. The number of aliphatic hydroxyl groups is 6. The molecule has 11 heteroatoms. The normalized spacial score (nSPS) is 49.9. The average Bonchev–Trinajstić information content (AvgIpc) is 3.51. The molecule has 1 saturated heterocycles. The van der Waals surface area contributed by atoms with E-state index in [0.717, 1.165) is 44.1 Å². The smallest absolute Gasteiger partial charge is 0.186 e. The molecule has 6 fully saturated rings. The molecule has 2 aliphatic heterocycles. The third-order valence-electron chi connectivity index (χ3n) is 19.7. The number of hydrogen-bond acceptors (Lipinski definition) is 11. The number of carbonyl (C=O) groups is 1. The summed E-state index contributed by atoms with van der Waals surface area (Å²) >= 11 is 0. The van der Waals surface area contributed by atoms with Gasteiger partial charge in [0.2, 0.25) is 0 Å². The number of carbonyl (C=O) groups excluding carboxylic acids is 1. The van der Waals surface area contributed by atoms with Gasteiger partial charge in [0.25, 0.3) is 0 Å². The van der Waals surface area contributed by atoms with Crippen LogP contribution in [0.15, 0.2) is 47.3 Å². The van der Waals surface area contributed by atoms with Crippen LogP contribution in [0.3, 0.4) is 0 Å². The van der Waals surface area contributed by atoms with Gasteiger partial charge in [-0.1, -0.05) is 57.3 Å². The highest BCUT2D eigenvalue weighted by atomic mass is 16.5. The first-order valence-corrected chi connectivity index (χ1v) is 25.0. The van der Waals surface area contributed by atoms with Gasteiger partial charge in [-0.05, 0) is 137 Å². The number of allylic oxidation sites excluding steroid dienone is 5. The van der Waals surface area contributed by atoms with Crippen LogP contribution in [0.1, 0.15) is 136 Å². The van der Waals surface area contributed by atoms with Crippen molar-refractivity contribution in [3.05, 3.63) is 47.3 Å². The molecule has 19 atom stereocenters. The summed E-state index contributed by atoms with van der Waals surface area (Å²) in [5.41, 5.74) is -0.00356. The van der Waals surface area contributed by atoms with Crippen LogP contribution >= 0.6 is 0 Å². The summed E-state index contributed by atoms with van der Waals surface area (Å²) in [6.07, 6.45) is 18.7. The van der Waals surface area contributed by atoms with Crippen LogP contribution in [0.5, 0.6) is 0 Å². The highest BCUT2D eigenvalue weighted by molar-refractivity contribution is 6.03. The van der Waals surface area contributed by atoms with Crippen LogP contribution in [-0.2, 0) is 9.53 Å². The van der Waals surface area contributed by atoms with Gasteiger partial charge < -0.3 is 51.7 Å². The molecule has 11 rings (SSSR count). The second-order valence-electron chi connectivity index (χ2n) is 22.7. The molecule has 0 radical (unpaired) electrons. The molecular weight excluding hydrogens is 795 g/mol. The number of hydrogen-bond donors (Lipinski definition) is 9. The lowest BCUT2D eigenvalue weighted by Crippen LogP contribution is -2.72. The topological polar surface area (TPSA) is 198 Å². The summed E-state index contributed by atoms with van der Waals surface area (Å²) in [4.78, 5) is 16.0. The second kappa shape index (κ2) is 15.8. The maximum absolute atomic E-state index is 16.0. The summed E-state index contributed by atoms with van der Waals surface area (Å²) in [5, 5.41) is 82.3. The minimum absolute atomic E-state index is 0.0283. The molecule has 11 aliphatic rings. The Labute approximate surface area is 374 Å². The van der Waals surface area contributed by atoms with Crippen molar-refractivity contribution in [2.24, 2.45) is 63.4 Å². The first-order valence-electron chi connectivity index (χ1n) is 25.0. The van der Waals surface area contributed by atoms with Crippen LogP contribution in [-0.4, -0.2) is 96.5 Å². The van der Waals surface area contributed by atoms with Crippen LogP contribution in [0.25, 0.3) is 0 Å². The van der Waals surface area contributed by atoms with Gasteiger partial charge in [0.05, 0.1) is 59.0 Å². The highest BCUT2D eigenvalue weighted by Crippen LogP contribution is 2.77. The van der Waals surface area contributed by atoms with Gasteiger partial charge in [-0.3, -0.25) is 4.79 Å². The Morgan fingerprint density at radius 3 is 2.49 bits per heavy atom. The maximum atomic E-state index is 16.0. The Morgan fingerprint density at radius 2 is 1.73 bits per heavy atom. The van der Waals surface area contributed by atoms with Crippen molar-refractivity contribution < 1.29 is 40.2 Å². The Kier molecular flexibility index (Phi) is 11.1. The molecule has 0 aromatic rings. The molecule has 63 heavy (non-hydrogen) atoms. The van der Waals surface area contributed by atoms with Gasteiger partial charge in [-0.15, -0.1) is 11.8 Å². The zero-order valence-corrected chi connectivity index (χ0v) is 37.9. The van der Waals surface area contributed by atoms with E-state index in [2.05, 4.69) is 41.6 Å². The maximum Gasteiger partial charge on any atom is 0.186 e. The number of nitrogens with two attached hydrogens (primary N) is 1. The highest BCUT2D eigenvalue weighted by Gasteiger charge is 2.79. The molecule has 11 nitrogen and oxygen atoms in total. The van der Waals surface area contributed by atoms with Crippen molar-refractivity contribution in [3.8, 4) is 11.8 Å². The van der Waals surface area contributed by atoms with Gasteiger partial charge in [-0.25, -0.2) is 0 Å². The van der Waals surface area contributed by atoms with E-state index in [1.807, 2.05) is 25.3 Å². The van der Waals surface area contributed by atoms with E-state index in [1.54, 1.807) is 6.92 Å². The van der Waals surface area contributed by atoms with Crippen molar-refractivity contribution >= 4 is 5.78 Å². The Morgan fingerprint density at radius 1 is 0.952 bits per heavy atom. The number of fused-ring (bicyclic) bond motifs is 6. The van der Waals surface area contributed by atoms with E-state index in [4.69, 9.17) is 10.5 Å². The van der Waals surface area contributed by atoms with Crippen molar-refractivity contribution in [3.63, 3.8) is 0 Å². The molecule has 346 valence electrons. The van der Waals surface area contributed by atoms with Crippen LogP contribution in [0, 0.1) is 69.5 Å². The number of Topliss-reactive ketones (excluding diaryl/α,β-unsaturated/α-hetero) is 1. The third kappa shape index (κ3) is 6.31. The predicted molar refractivity (Wildman–Crippen MR) is 239 cm³/mol. The van der Waals surface area contributed by atoms with E-state index < -0.39 is 69.3 Å². The molecule has 3 spiro atoms. The molecule has 5 saturated carbocycles. The summed E-state index contributed by atoms with van der Waals surface area (Å²) in [7, 11) is 0. The zero-order chi connectivity index (χ0) is 44.3. The SMILES string of the molecule is CCC[C@@H]1CC[C@H]2[C@@H]3CCCC[C@](O)([C@](C)(O)[C@H]4CC[C@@]5(O)C6=C(NC[C@H](C)O)C(=O)[C@@]78CC#CC[C@@]45C[C@@H]4C=C[C@@H](C5=CNC(N)C=C5)C[C@@]7(C[C@H](O)[C@H](O)C8)[C@H]64)[C@@H]3O[C@@H]2CC1. The molecule has 9 aliphatic carbocycles. The molecule has 0 amide bonds. The summed E-state index contributed by atoms with van der Waals surface area (Å²) in [5.74, 6) is 6.52. The lowest BCUT2D eigenvalue weighted by atomic mass is 9.36. The first-order chi connectivity index (χ1) is 30.1. The average molecular weight is 870 g/mol. The van der Waals surface area contributed by atoms with Gasteiger partial charge in [0, 0.05) is 42.8 Å². The number of ketones is 1. The van der Waals surface area contributed by atoms with Gasteiger partial charge in [0.15, 0.2) is 5.78 Å². The minimum atomic E-state index is -1.70. The molecule has 6 bridgehead atoms. The quantitative estimate of drug-likeness (QED) is 0.120. The number of nitrogens with one attached hydrogen (secondary N) is 2. The first kappa shape index (κ1) is 44.3. The van der Waals surface area contributed by atoms with Gasteiger partial charge >= 0.3 is 0 Å². The van der Waals surface area contributed by atoms with Gasteiger partial charge in [-0.2, -0.15) is 0 Å². The zero-order valence-electron chi connectivity index (χ0n) is 37.9. The molecule has 0 aromatic heterocycles. The standard InChI is InChI=1S/C52H75N3O8/c1-4-9-31-11-16-35-36-10-5-6-22-52(62,46(36)63-39(35)17-12-31)47(3,60)40-19-23-51(61)43-42-33-14-13-32(34-15-18-41(53)54-29-34)24-50(42)27-38(58)37(57)26-49(50,21-8-7-20-48(40,51)25-33)45(59)44(43)55-28-30(2)56/h13-15,18,29-33,35-42,46,54-58,60-62H,4-6,9-12,16-17,19-28,53H2,1-3H3/t30-,31+,32+,33-,35-,36-,37+,38-,39+,40+,41?,42-,46+,47+,48+,49-,50+,51+,52+/m0/s1. The van der Waals surface area contributed by atoms with E-state index in [0.29, 0.717) is 48.8 Å². The molecular formula is C52H75N3O8. The fourth-order valence-electron chi connectivity index (χ4n) is 16.9. The third-order valence-corrected chi connectivity index (χ3v) is 19.7. The summed E-state index contributed by atoms with van der Waals surface area (Å²) in [6.45, 7) is 5.84. The fraction of sp³-hybridized carbons (Fsp3) is 0.788. The van der Waals surface area contributed by atoms with Crippen molar-refractivity contribution in [1.29, 1.82) is 0 Å². The van der Waals surface area contributed by atoms with E-state index in [1.165, 1.54) is 19.3 Å². The van der Waals surface area contributed by atoms with E-state index >= 15 is 4.79 Å². The monoisotopic (exact) mass is 870 g/mol.